The number of amides is 1. The third-order valence-corrected chi connectivity index (χ3v) is 5.20. The van der Waals surface area contributed by atoms with E-state index in [0.717, 1.165) is 22.8 Å². The molecule has 6 nitrogen and oxygen atoms in total. The van der Waals surface area contributed by atoms with Gasteiger partial charge >= 0.3 is 5.97 Å². The molecule has 4 aromatic rings. The molecule has 170 valence electrons. The maximum Gasteiger partial charge on any atom is 0.344 e. The first-order valence-corrected chi connectivity index (χ1v) is 11.0. The molecule has 0 spiro atoms. The molecule has 0 aliphatic rings. The molecular formula is C28H24N2O4. The number of rotatable bonds is 8. The van der Waals surface area contributed by atoms with Gasteiger partial charge in [-0.1, -0.05) is 55.5 Å². The number of ether oxygens (including phenoxy) is 2. The van der Waals surface area contributed by atoms with Crippen LogP contribution in [0.3, 0.4) is 0 Å². The smallest absolute Gasteiger partial charge is 0.344 e. The van der Waals surface area contributed by atoms with Crippen LogP contribution in [0.5, 0.6) is 11.5 Å². The Morgan fingerprint density at radius 1 is 0.853 bits per heavy atom. The number of nitrogens with one attached hydrogen (secondary N) is 1. The molecule has 0 unspecified atom stereocenters. The van der Waals surface area contributed by atoms with Gasteiger partial charge in [-0.2, -0.15) is 5.10 Å². The van der Waals surface area contributed by atoms with Crippen LogP contribution in [0.1, 0.15) is 28.4 Å². The molecule has 0 atom stereocenters. The summed E-state index contributed by atoms with van der Waals surface area (Å²) in [6, 6.07) is 27.6. The summed E-state index contributed by atoms with van der Waals surface area (Å²) >= 11 is 0. The molecule has 0 radical (unpaired) electrons. The number of aryl methyl sites for hydroxylation is 1. The number of fused-ring (bicyclic) bond motifs is 1. The van der Waals surface area contributed by atoms with Crippen LogP contribution in [0.15, 0.2) is 96.1 Å². The lowest BCUT2D eigenvalue weighted by Crippen LogP contribution is -2.24. The Kier molecular flexibility index (Phi) is 7.30. The van der Waals surface area contributed by atoms with Crippen molar-refractivity contribution in [2.45, 2.75) is 13.3 Å². The van der Waals surface area contributed by atoms with Crippen LogP contribution in [0.4, 0.5) is 0 Å². The number of hydrazone groups is 1. The van der Waals surface area contributed by atoms with Crippen molar-refractivity contribution in [1.29, 1.82) is 0 Å². The molecule has 0 saturated heterocycles. The van der Waals surface area contributed by atoms with Crippen LogP contribution in [-0.4, -0.2) is 24.7 Å². The molecule has 0 aliphatic carbocycles. The van der Waals surface area contributed by atoms with E-state index in [-0.39, 0.29) is 12.5 Å². The number of carbonyl (C=O) groups is 2. The van der Waals surface area contributed by atoms with Crippen LogP contribution in [0.25, 0.3) is 10.8 Å². The molecule has 1 amide bonds. The van der Waals surface area contributed by atoms with Gasteiger partial charge in [-0.25, -0.2) is 10.2 Å². The fourth-order valence-electron chi connectivity index (χ4n) is 3.37. The van der Waals surface area contributed by atoms with Crippen molar-refractivity contribution >= 4 is 28.9 Å². The van der Waals surface area contributed by atoms with Gasteiger partial charge < -0.3 is 9.47 Å². The number of nitrogens with zero attached hydrogens (tertiary/aromatic N) is 1. The van der Waals surface area contributed by atoms with E-state index >= 15 is 0 Å². The van der Waals surface area contributed by atoms with Crippen molar-refractivity contribution < 1.29 is 19.1 Å². The first kappa shape index (κ1) is 22.7. The number of hydrogen-bond donors (Lipinski definition) is 1. The van der Waals surface area contributed by atoms with E-state index in [4.69, 9.17) is 9.47 Å². The molecule has 0 fully saturated rings. The predicted molar refractivity (Wildman–Crippen MR) is 132 cm³/mol. The highest BCUT2D eigenvalue weighted by molar-refractivity contribution is 6.05. The summed E-state index contributed by atoms with van der Waals surface area (Å²) in [5.41, 5.74) is 4.88. The standard InChI is InChI=1S/C28H24N2O4/c1-2-20-10-14-23(15-11-20)33-19-27(31)30-29-18-21-12-16-24(17-13-21)34-28(32)26-9-5-7-22-6-3-4-8-25(22)26/h3-18H,2,19H2,1H3,(H,30,31)/b29-18-. The number of hydrogen-bond acceptors (Lipinski definition) is 5. The molecule has 0 saturated carbocycles. The van der Waals surface area contributed by atoms with Gasteiger partial charge in [0.15, 0.2) is 6.61 Å². The molecule has 34 heavy (non-hydrogen) atoms. The summed E-state index contributed by atoms with van der Waals surface area (Å²) < 4.78 is 11.0. The zero-order valence-electron chi connectivity index (χ0n) is 18.7. The van der Waals surface area contributed by atoms with Gasteiger partial charge in [-0.15, -0.1) is 0 Å². The van der Waals surface area contributed by atoms with Crippen molar-refractivity contribution in [1.82, 2.24) is 5.43 Å². The molecule has 4 aromatic carbocycles. The third kappa shape index (κ3) is 5.86. The minimum Gasteiger partial charge on any atom is -0.484 e. The minimum atomic E-state index is -0.421. The van der Waals surface area contributed by atoms with Gasteiger partial charge in [0.05, 0.1) is 11.8 Å². The Morgan fingerprint density at radius 2 is 1.56 bits per heavy atom. The zero-order valence-corrected chi connectivity index (χ0v) is 18.7. The number of benzene rings is 4. The highest BCUT2D eigenvalue weighted by atomic mass is 16.5. The van der Waals surface area contributed by atoms with Crippen LogP contribution < -0.4 is 14.9 Å². The van der Waals surface area contributed by atoms with E-state index in [1.807, 2.05) is 60.7 Å². The highest BCUT2D eigenvalue weighted by Crippen LogP contribution is 2.21. The molecule has 4 rings (SSSR count). The Morgan fingerprint density at radius 3 is 2.32 bits per heavy atom. The minimum absolute atomic E-state index is 0.133. The first-order chi connectivity index (χ1) is 16.6. The summed E-state index contributed by atoms with van der Waals surface area (Å²) in [5.74, 6) is 0.262. The Bertz CT molecular complexity index is 1310. The molecule has 6 heteroatoms. The Balaban J connectivity index is 1.28. The van der Waals surface area contributed by atoms with E-state index in [0.29, 0.717) is 17.1 Å². The lowest BCUT2D eigenvalue weighted by Gasteiger charge is -2.07. The number of esters is 1. The topological polar surface area (TPSA) is 77.0 Å². The van der Waals surface area contributed by atoms with Crippen LogP contribution >= 0.6 is 0 Å². The molecule has 1 N–H and O–H groups in total. The van der Waals surface area contributed by atoms with Crippen molar-refractivity contribution in [2.24, 2.45) is 5.10 Å². The van der Waals surface area contributed by atoms with Crippen LogP contribution in [0.2, 0.25) is 0 Å². The maximum atomic E-state index is 12.6. The highest BCUT2D eigenvalue weighted by Gasteiger charge is 2.12. The SMILES string of the molecule is CCc1ccc(OCC(=O)N/N=C\c2ccc(OC(=O)c3cccc4ccccc34)cc2)cc1. The lowest BCUT2D eigenvalue weighted by molar-refractivity contribution is -0.123. The molecule has 0 aromatic heterocycles. The Hall–Kier alpha value is -4.45. The van der Waals surface area contributed by atoms with Crippen LogP contribution in [-0.2, 0) is 11.2 Å². The van der Waals surface area contributed by atoms with E-state index in [2.05, 4.69) is 17.5 Å². The molecule has 0 aliphatic heterocycles. The summed E-state index contributed by atoms with van der Waals surface area (Å²) in [5, 5.41) is 5.76. The largest absolute Gasteiger partial charge is 0.484 e. The first-order valence-electron chi connectivity index (χ1n) is 11.0. The second-order valence-electron chi connectivity index (χ2n) is 7.56. The summed E-state index contributed by atoms with van der Waals surface area (Å²) in [6.07, 6.45) is 2.45. The Labute approximate surface area is 197 Å². The number of carbonyl (C=O) groups excluding carboxylic acids is 2. The van der Waals surface area contributed by atoms with Gasteiger partial charge in [0.2, 0.25) is 0 Å². The lowest BCUT2D eigenvalue weighted by atomic mass is 10.0. The predicted octanol–water partition coefficient (Wildman–Crippen LogP) is 5.15. The second-order valence-corrected chi connectivity index (χ2v) is 7.56. The van der Waals surface area contributed by atoms with Gasteiger partial charge in [0.25, 0.3) is 5.91 Å². The van der Waals surface area contributed by atoms with E-state index in [9.17, 15) is 9.59 Å². The van der Waals surface area contributed by atoms with E-state index in [1.54, 1.807) is 30.3 Å². The second kappa shape index (κ2) is 10.9. The van der Waals surface area contributed by atoms with Gasteiger partial charge in [0.1, 0.15) is 11.5 Å². The summed E-state index contributed by atoms with van der Waals surface area (Å²) in [7, 11) is 0. The average Bonchev–Trinajstić information content (AvgIpc) is 2.88. The molecular weight excluding hydrogens is 428 g/mol. The molecule has 0 bridgehead atoms. The van der Waals surface area contributed by atoms with Crippen molar-refractivity contribution in [2.75, 3.05) is 6.61 Å². The fourth-order valence-corrected chi connectivity index (χ4v) is 3.37. The van der Waals surface area contributed by atoms with Crippen molar-refractivity contribution in [3.8, 4) is 11.5 Å². The maximum absolute atomic E-state index is 12.6. The van der Waals surface area contributed by atoms with Crippen molar-refractivity contribution in [3.05, 3.63) is 108 Å². The van der Waals surface area contributed by atoms with E-state index < -0.39 is 5.97 Å². The van der Waals surface area contributed by atoms with Gasteiger partial charge in [0, 0.05) is 0 Å². The quantitative estimate of drug-likeness (QED) is 0.174. The third-order valence-electron chi connectivity index (χ3n) is 5.20. The van der Waals surface area contributed by atoms with Crippen LogP contribution in [0, 0.1) is 0 Å². The van der Waals surface area contributed by atoms with Crippen molar-refractivity contribution in [3.63, 3.8) is 0 Å². The normalized spacial score (nSPS) is 10.9. The summed E-state index contributed by atoms with van der Waals surface area (Å²) in [6.45, 7) is 1.94. The van der Waals surface area contributed by atoms with Gasteiger partial charge in [-0.05, 0) is 70.8 Å². The molecule has 0 heterocycles. The van der Waals surface area contributed by atoms with E-state index in [1.165, 1.54) is 11.8 Å². The summed E-state index contributed by atoms with van der Waals surface area (Å²) in [4.78, 5) is 24.6. The monoisotopic (exact) mass is 452 g/mol. The average molecular weight is 453 g/mol. The zero-order chi connectivity index (χ0) is 23.8. The van der Waals surface area contributed by atoms with Gasteiger partial charge in [-0.3, -0.25) is 4.79 Å². The fraction of sp³-hybridized carbons (Fsp3) is 0.107.